The van der Waals surface area contributed by atoms with Crippen molar-refractivity contribution in [1.82, 2.24) is 10.2 Å². The van der Waals surface area contributed by atoms with E-state index in [-0.39, 0.29) is 35.4 Å². The summed E-state index contributed by atoms with van der Waals surface area (Å²) >= 11 is 0. The van der Waals surface area contributed by atoms with E-state index in [4.69, 9.17) is 5.73 Å². The number of likely N-dealkylation sites (tertiary alicyclic amines) is 1. The van der Waals surface area contributed by atoms with Crippen molar-refractivity contribution in [3.63, 3.8) is 0 Å². The van der Waals surface area contributed by atoms with Crippen molar-refractivity contribution in [1.29, 1.82) is 0 Å². The first-order chi connectivity index (χ1) is 13.0. The van der Waals surface area contributed by atoms with Crippen LogP contribution >= 0.6 is 0 Å². The summed E-state index contributed by atoms with van der Waals surface area (Å²) in [7, 11) is 0. The lowest BCUT2D eigenvalue weighted by Gasteiger charge is -2.33. The van der Waals surface area contributed by atoms with Crippen molar-refractivity contribution in [2.45, 2.75) is 56.5 Å². The van der Waals surface area contributed by atoms with E-state index < -0.39 is 5.66 Å². The molecule has 1 aromatic rings. The zero-order valence-corrected chi connectivity index (χ0v) is 15.6. The number of halogens is 1. The highest BCUT2D eigenvalue weighted by atomic mass is 19.1. The molecule has 0 aromatic heterocycles. The second-order valence-corrected chi connectivity index (χ2v) is 8.46. The van der Waals surface area contributed by atoms with Crippen molar-refractivity contribution in [3.8, 4) is 0 Å². The number of rotatable bonds is 4. The molecule has 3 fully saturated rings. The molecule has 146 valence electrons. The first-order valence-corrected chi connectivity index (χ1v) is 10.1. The SMILES string of the molecule is NC1(NC(=O)[C@@H]2CCCC[C@H]2C(=O)N2CCC(c3ccc(F)cc3)C2)CC1. The molecule has 1 aromatic carbocycles. The fourth-order valence-corrected chi connectivity index (χ4v) is 4.54. The van der Waals surface area contributed by atoms with E-state index in [1.807, 2.05) is 4.90 Å². The van der Waals surface area contributed by atoms with Gasteiger partial charge in [0, 0.05) is 30.8 Å². The van der Waals surface area contributed by atoms with Gasteiger partial charge in [-0.3, -0.25) is 9.59 Å². The van der Waals surface area contributed by atoms with Crippen LogP contribution in [-0.4, -0.2) is 35.5 Å². The molecule has 2 aliphatic carbocycles. The summed E-state index contributed by atoms with van der Waals surface area (Å²) in [6, 6.07) is 6.56. The van der Waals surface area contributed by atoms with Crippen LogP contribution in [0.3, 0.4) is 0 Å². The molecule has 3 aliphatic rings. The van der Waals surface area contributed by atoms with E-state index in [1.54, 1.807) is 12.1 Å². The number of nitrogens with zero attached hydrogens (tertiary/aromatic N) is 1. The van der Waals surface area contributed by atoms with Crippen molar-refractivity contribution in [2.75, 3.05) is 13.1 Å². The van der Waals surface area contributed by atoms with E-state index in [9.17, 15) is 14.0 Å². The number of carbonyl (C=O) groups is 2. The molecular weight excluding hydrogens is 345 g/mol. The smallest absolute Gasteiger partial charge is 0.226 e. The summed E-state index contributed by atoms with van der Waals surface area (Å²) in [5.41, 5.74) is 6.57. The molecule has 1 unspecified atom stereocenters. The summed E-state index contributed by atoms with van der Waals surface area (Å²) < 4.78 is 13.2. The van der Waals surface area contributed by atoms with Gasteiger partial charge < -0.3 is 16.0 Å². The fourth-order valence-electron chi connectivity index (χ4n) is 4.54. The Labute approximate surface area is 159 Å². The number of hydrogen-bond donors (Lipinski definition) is 2. The highest BCUT2D eigenvalue weighted by Gasteiger charge is 2.45. The predicted molar refractivity (Wildman–Crippen MR) is 100 cm³/mol. The van der Waals surface area contributed by atoms with Gasteiger partial charge in [-0.1, -0.05) is 25.0 Å². The van der Waals surface area contributed by atoms with Crippen LogP contribution in [0, 0.1) is 17.7 Å². The monoisotopic (exact) mass is 373 g/mol. The Morgan fingerprint density at radius 1 is 1.07 bits per heavy atom. The van der Waals surface area contributed by atoms with E-state index in [1.165, 1.54) is 12.1 Å². The molecule has 3 atom stereocenters. The van der Waals surface area contributed by atoms with Gasteiger partial charge in [0.15, 0.2) is 0 Å². The standard InChI is InChI=1S/C21H28FN3O2/c22-16-7-5-14(6-8-16)15-9-12-25(13-15)20(27)18-4-2-1-3-17(18)19(26)24-21(23)10-11-21/h5-8,15,17-18H,1-4,9-13,23H2,(H,24,26)/t15?,17-,18-/m1/s1. The van der Waals surface area contributed by atoms with Crippen LogP contribution in [0.1, 0.15) is 56.4 Å². The van der Waals surface area contributed by atoms with Crippen LogP contribution in [0.2, 0.25) is 0 Å². The van der Waals surface area contributed by atoms with Gasteiger partial charge in [-0.2, -0.15) is 0 Å². The predicted octanol–water partition coefficient (Wildman–Crippen LogP) is 2.51. The Morgan fingerprint density at radius 2 is 1.74 bits per heavy atom. The van der Waals surface area contributed by atoms with Crippen LogP contribution in [0.25, 0.3) is 0 Å². The zero-order valence-electron chi connectivity index (χ0n) is 15.6. The highest BCUT2D eigenvalue weighted by molar-refractivity contribution is 5.88. The Bertz CT molecular complexity index is 717. The van der Waals surface area contributed by atoms with Gasteiger partial charge in [0.2, 0.25) is 11.8 Å². The maximum Gasteiger partial charge on any atom is 0.226 e. The normalized spacial score (nSPS) is 29.4. The van der Waals surface area contributed by atoms with Crippen LogP contribution < -0.4 is 11.1 Å². The summed E-state index contributed by atoms with van der Waals surface area (Å²) in [5, 5.41) is 2.95. The van der Waals surface area contributed by atoms with Crippen molar-refractivity contribution < 1.29 is 14.0 Å². The molecule has 1 saturated heterocycles. The molecule has 27 heavy (non-hydrogen) atoms. The second-order valence-electron chi connectivity index (χ2n) is 8.46. The largest absolute Gasteiger partial charge is 0.342 e. The summed E-state index contributed by atoms with van der Waals surface area (Å²) in [6.45, 7) is 1.35. The number of benzene rings is 1. The molecule has 3 N–H and O–H groups in total. The molecule has 0 radical (unpaired) electrons. The van der Waals surface area contributed by atoms with Crippen molar-refractivity contribution in [3.05, 3.63) is 35.6 Å². The Kier molecular flexibility index (Phi) is 4.93. The second kappa shape index (κ2) is 7.23. The Morgan fingerprint density at radius 3 is 2.41 bits per heavy atom. The average molecular weight is 373 g/mol. The first-order valence-electron chi connectivity index (χ1n) is 10.1. The minimum Gasteiger partial charge on any atom is -0.342 e. The van der Waals surface area contributed by atoms with E-state index in [0.717, 1.165) is 50.5 Å². The first kappa shape index (κ1) is 18.4. The molecule has 2 amide bonds. The number of carbonyl (C=O) groups excluding carboxylic acids is 2. The topological polar surface area (TPSA) is 75.4 Å². The molecule has 2 saturated carbocycles. The lowest BCUT2D eigenvalue weighted by atomic mass is 9.77. The van der Waals surface area contributed by atoms with Gasteiger partial charge in [0.1, 0.15) is 5.82 Å². The maximum atomic E-state index is 13.2. The minimum atomic E-state index is -0.538. The van der Waals surface area contributed by atoms with Crippen LogP contribution in [-0.2, 0) is 9.59 Å². The summed E-state index contributed by atoms with van der Waals surface area (Å²) in [4.78, 5) is 27.8. The lowest BCUT2D eigenvalue weighted by Crippen LogP contribution is -2.50. The van der Waals surface area contributed by atoms with Crippen molar-refractivity contribution in [2.24, 2.45) is 17.6 Å². The highest BCUT2D eigenvalue weighted by Crippen LogP contribution is 2.36. The van der Waals surface area contributed by atoms with Gasteiger partial charge >= 0.3 is 0 Å². The van der Waals surface area contributed by atoms with Gasteiger partial charge in [0.05, 0.1) is 5.66 Å². The number of hydrogen-bond acceptors (Lipinski definition) is 3. The Balaban J connectivity index is 1.41. The number of nitrogens with two attached hydrogens (primary N) is 1. The number of amides is 2. The third-order valence-corrected chi connectivity index (χ3v) is 6.42. The summed E-state index contributed by atoms with van der Waals surface area (Å²) in [6.07, 6.45) is 6.01. The van der Waals surface area contributed by atoms with Crippen LogP contribution in [0.4, 0.5) is 4.39 Å². The zero-order chi connectivity index (χ0) is 19.0. The van der Waals surface area contributed by atoms with Crippen LogP contribution in [0.15, 0.2) is 24.3 Å². The lowest BCUT2D eigenvalue weighted by molar-refractivity contribution is -0.143. The van der Waals surface area contributed by atoms with E-state index in [0.29, 0.717) is 13.1 Å². The third-order valence-electron chi connectivity index (χ3n) is 6.42. The molecule has 5 nitrogen and oxygen atoms in total. The minimum absolute atomic E-state index is 0.0534. The van der Waals surface area contributed by atoms with Gasteiger partial charge in [0.25, 0.3) is 0 Å². The molecule has 1 heterocycles. The van der Waals surface area contributed by atoms with Crippen LogP contribution in [0.5, 0.6) is 0 Å². The molecule has 0 spiro atoms. The summed E-state index contributed by atoms with van der Waals surface area (Å²) in [5.74, 6) is -0.466. The maximum absolute atomic E-state index is 13.2. The molecule has 0 bridgehead atoms. The molecule has 1 aliphatic heterocycles. The third kappa shape index (κ3) is 4.00. The fraction of sp³-hybridized carbons (Fsp3) is 0.619. The quantitative estimate of drug-likeness (QED) is 0.797. The molecular formula is C21H28FN3O2. The average Bonchev–Trinajstić information content (AvgIpc) is 3.19. The van der Waals surface area contributed by atoms with Crippen molar-refractivity contribution >= 4 is 11.8 Å². The van der Waals surface area contributed by atoms with E-state index in [2.05, 4.69) is 5.32 Å². The van der Waals surface area contributed by atoms with Gasteiger partial charge in [-0.25, -0.2) is 4.39 Å². The Hall–Kier alpha value is -1.95. The molecule has 4 rings (SSSR count). The van der Waals surface area contributed by atoms with Gasteiger partial charge in [-0.05, 0) is 49.8 Å². The van der Waals surface area contributed by atoms with E-state index >= 15 is 0 Å². The number of nitrogens with one attached hydrogen (secondary N) is 1. The molecule has 6 heteroatoms. The van der Waals surface area contributed by atoms with Gasteiger partial charge in [-0.15, -0.1) is 0 Å².